The predicted octanol–water partition coefficient (Wildman–Crippen LogP) is 0.649. The molecule has 0 saturated carbocycles. The van der Waals surface area contributed by atoms with E-state index in [-0.39, 0.29) is 0 Å². The SMILES string of the molecule is Cc1cc(N2C[C@@H]3CCNC[C@@H]32)nc(N(C)C)n1. The number of nitrogens with one attached hydrogen (secondary N) is 1. The minimum absolute atomic E-state index is 0.628. The van der Waals surface area contributed by atoms with Crippen molar-refractivity contribution in [3.63, 3.8) is 0 Å². The first kappa shape index (κ1) is 11.7. The molecule has 0 bridgehead atoms. The van der Waals surface area contributed by atoms with Gasteiger partial charge in [-0.05, 0) is 25.8 Å². The lowest BCUT2D eigenvalue weighted by Gasteiger charge is -2.51. The van der Waals surface area contributed by atoms with Gasteiger partial charge in [0.25, 0.3) is 0 Å². The Labute approximate surface area is 108 Å². The summed E-state index contributed by atoms with van der Waals surface area (Å²) in [5, 5.41) is 3.47. The maximum Gasteiger partial charge on any atom is 0.226 e. The Kier molecular flexibility index (Phi) is 2.86. The highest BCUT2D eigenvalue weighted by atomic mass is 15.3. The number of fused-ring (bicyclic) bond motifs is 1. The quantitative estimate of drug-likeness (QED) is 0.831. The second kappa shape index (κ2) is 4.39. The second-order valence-corrected chi connectivity index (χ2v) is 5.53. The molecule has 1 N–H and O–H groups in total. The van der Waals surface area contributed by atoms with Gasteiger partial charge < -0.3 is 15.1 Å². The Balaban J connectivity index is 1.84. The molecule has 3 heterocycles. The van der Waals surface area contributed by atoms with Gasteiger partial charge in [-0.2, -0.15) is 4.98 Å². The zero-order valence-electron chi connectivity index (χ0n) is 11.3. The monoisotopic (exact) mass is 247 g/mol. The molecule has 5 heteroatoms. The van der Waals surface area contributed by atoms with E-state index < -0.39 is 0 Å². The Bertz CT molecular complexity index is 445. The fourth-order valence-corrected chi connectivity index (χ4v) is 2.87. The molecular weight excluding hydrogens is 226 g/mol. The van der Waals surface area contributed by atoms with Crippen LogP contribution in [0, 0.1) is 12.8 Å². The Morgan fingerprint density at radius 1 is 1.39 bits per heavy atom. The van der Waals surface area contributed by atoms with Crippen LogP contribution in [-0.2, 0) is 0 Å². The molecule has 5 nitrogen and oxygen atoms in total. The molecule has 0 spiro atoms. The summed E-state index contributed by atoms with van der Waals surface area (Å²) in [5.41, 5.74) is 1.04. The number of nitrogens with zero attached hydrogens (tertiary/aromatic N) is 4. The van der Waals surface area contributed by atoms with E-state index in [9.17, 15) is 0 Å². The zero-order chi connectivity index (χ0) is 12.7. The summed E-state index contributed by atoms with van der Waals surface area (Å²) in [6.07, 6.45) is 1.30. The highest BCUT2D eigenvalue weighted by Crippen LogP contribution is 2.34. The van der Waals surface area contributed by atoms with Gasteiger partial charge in [-0.15, -0.1) is 0 Å². The van der Waals surface area contributed by atoms with Crippen molar-refractivity contribution >= 4 is 11.8 Å². The topological polar surface area (TPSA) is 44.3 Å². The first-order valence-corrected chi connectivity index (χ1v) is 6.65. The molecular formula is C13H21N5. The highest BCUT2D eigenvalue weighted by molar-refractivity contribution is 5.49. The summed E-state index contributed by atoms with van der Waals surface area (Å²) in [6, 6.07) is 2.72. The fourth-order valence-electron chi connectivity index (χ4n) is 2.87. The van der Waals surface area contributed by atoms with Gasteiger partial charge in [0, 0.05) is 45.0 Å². The third-order valence-corrected chi connectivity index (χ3v) is 3.94. The number of piperidine rings is 1. The summed E-state index contributed by atoms with van der Waals surface area (Å²) in [5.74, 6) is 2.73. The predicted molar refractivity (Wildman–Crippen MR) is 73.2 cm³/mol. The molecule has 2 fully saturated rings. The summed E-state index contributed by atoms with van der Waals surface area (Å²) >= 11 is 0. The first-order valence-electron chi connectivity index (χ1n) is 6.65. The number of rotatable bonds is 2. The maximum atomic E-state index is 4.66. The van der Waals surface area contributed by atoms with Crippen LogP contribution < -0.4 is 15.1 Å². The van der Waals surface area contributed by atoms with Gasteiger partial charge >= 0.3 is 0 Å². The molecule has 0 aromatic carbocycles. The van der Waals surface area contributed by atoms with Crippen molar-refractivity contribution in [2.24, 2.45) is 5.92 Å². The van der Waals surface area contributed by atoms with Crippen LogP contribution in [0.5, 0.6) is 0 Å². The van der Waals surface area contributed by atoms with Gasteiger partial charge in [0.2, 0.25) is 5.95 Å². The molecule has 18 heavy (non-hydrogen) atoms. The Morgan fingerprint density at radius 2 is 2.22 bits per heavy atom. The van der Waals surface area contributed by atoms with Crippen LogP contribution >= 0.6 is 0 Å². The van der Waals surface area contributed by atoms with E-state index in [1.54, 1.807) is 0 Å². The first-order chi connectivity index (χ1) is 8.65. The van der Waals surface area contributed by atoms with Crippen LogP contribution in [0.2, 0.25) is 0 Å². The van der Waals surface area contributed by atoms with E-state index in [1.807, 2.05) is 25.9 Å². The summed E-state index contributed by atoms with van der Waals surface area (Å²) in [6.45, 7) is 5.44. The third kappa shape index (κ3) is 1.92. The number of aromatic nitrogens is 2. The van der Waals surface area contributed by atoms with Gasteiger partial charge in [-0.1, -0.05) is 0 Å². The van der Waals surface area contributed by atoms with E-state index in [4.69, 9.17) is 0 Å². The van der Waals surface area contributed by atoms with Crippen LogP contribution in [0.25, 0.3) is 0 Å². The van der Waals surface area contributed by atoms with Crippen molar-refractivity contribution in [1.29, 1.82) is 0 Å². The number of aryl methyl sites for hydroxylation is 1. The maximum absolute atomic E-state index is 4.66. The summed E-state index contributed by atoms with van der Waals surface area (Å²) in [4.78, 5) is 13.5. The molecule has 0 unspecified atom stereocenters. The van der Waals surface area contributed by atoms with E-state index in [1.165, 1.54) is 13.0 Å². The van der Waals surface area contributed by atoms with Crippen LogP contribution in [0.4, 0.5) is 11.8 Å². The minimum Gasteiger partial charge on any atom is -0.351 e. The van der Waals surface area contributed by atoms with Gasteiger partial charge in [0.1, 0.15) is 5.82 Å². The van der Waals surface area contributed by atoms with Crippen molar-refractivity contribution in [2.75, 3.05) is 43.5 Å². The minimum atomic E-state index is 0.628. The zero-order valence-corrected chi connectivity index (χ0v) is 11.3. The molecule has 98 valence electrons. The second-order valence-electron chi connectivity index (χ2n) is 5.53. The van der Waals surface area contributed by atoms with Crippen molar-refractivity contribution in [3.05, 3.63) is 11.8 Å². The molecule has 1 aromatic heterocycles. The van der Waals surface area contributed by atoms with Crippen molar-refractivity contribution in [3.8, 4) is 0 Å². The number of hydrogen-bond acceptors (Lipinski definition) is 5. The lowest BCUT2D eigenvalue weighted by atomic mass is 9.83. The molecule has 2 aliphatic rings. The molecule has 2 aliphatic heterocycles. The largest absolute Gasteiger partial charge is 0.351 e. The summed E-state index contributed by atoms with van der Waals surface area (Å²) < 4.78 is 0. The molecule has 0 aliphatic carbocycles. The molecule has 3 rings (SSSR count). The van der Waals surface area contributed by atoms with Gasteiger partial charge in [0.15, 0.2) is 0 Å². The van der Waals surface area contributed by atoms with Crippen molar-refractivity contribution < 1.29 is 0 Å². The molecule has 0 radical (unpaired) electrons. The number of anilines is 2. The molecule has 2 atom stereocenters. The van der Waals surface area contributed by atoms with Crippen molar-refractivity contribution in [2.45, 2.75) is 19.4 Å². The van der Waals surface area contributed by atoms with E-state index >= 15 is 0 Å². The summed E-state index contributed by atoms with van der Waals surface area (Å²) in [7, 11) is 3.97. The van der Waals surface area contributed by atoms with Gasteiger partial charge in [0.05, 0.1) is 0 Å². The fraction of sp³-hybridized carbons (Fsp3) is 0.692. The van der Waals surface area contributed by atoms with Crippen LogP contribution in [0.1, 0.15) is 12.1 Å². The van der Waals surface area contributed by atoms with Gasteiger partial charge in [-0.3, -0.25) is 0 Å². The van der Waals surface area contributed by atoms with Crippen LogP contribution in [-0.4, -0.2) is 49.7 Å². The standard InChI is InChI=1S/C13H21N5/c1-9-6-12(16-13(15-9)17(2)3)18-8-10-4-5-14-7-11(10)18/h6,10-11,14H,4-5,7-8H2,1-3H3/t10-,11-/m0/s1. The Morgan fingerprint density at radius 3 is 2.94 bits per heavy atom. The van der Waals surface area contributed by atoms with E-state index in [2.05, 4.69) is 26.3 Å². The van der Waals surface area contributed by atoms with Crippen molar-refractivity contribution in [1.82, 2.24) is 15.3 Å². The average Bonchev–Trinajstić information content (AvgIpc) is 2.30. The smallest absolute Gasteiger partial charge is 0.226 e. The van der Waals surface area contributed by atoms with E-state index in [0.717, 1.165) is 36.5 Å². The molecule has 2 saturated heterocycles. The van der Waals surface area contributed by atoms with Crippen LogP contribution in [0.3, 0.4) is 0 Å². The lowest BCUT2D eigenvalue weighted by molar-refractivity contribution is 0.227. The molecule has 1 aromatic rings. The lowest BCUT2D eigenvalue weighted by Crippen LogP contribution is -2.64. The van der Waals surface area contributed by atoms with Crippen LogP contribution in [0.15, 0.2) is 6.07 Å². The normalized spacial score (nSPS) is 26.5. The average molecular weight is 247 g/mol. The molecule has 0 amide bonds. The number of hydrogen-bond donors (Lipinski definition) is 1. The third-order valence-electron chi connectivity index (χ3n) is 3.94. The Hall–Kier alpha value is -1.36. The van der Waals surface area contributed by atoms with E-state index in [0.29, 0.717) is 6.04 Å². The van der Waals surface area contributed by atoms with Gasteiger partial charge in [-0.25, -0.2) is 4.98 Å². The highest BCUT2D eigenvalue weighted by Gasteiger charge is 2.41.